The van der Waals surface area contributed by atoms with Crippen LogP contribution in [0, 0.1) is 19.8 Å². The number of amides is 1. The zero-order valence-corrected chi connectivity index (χ0v) is 17.9. The molecule has 1 atom stereocenters. The van der Waals surface area contributed by atoms with Gasteiger partial charge in [-0.05, 0) is 38.0 Å². The molecule has 1 aromatic carbocycles. The molecule has 0 saturated heterocycles. The number of rotatable bonds is 5. The molecule has 1 amide bonds. The molecule has 4 rings (SSSR count). The number of fused-ring (bicyclic) bond motifs is 1. The first-order valence-corrected chi connectivity index (χ1v) is 11.7. The second-order valence-corrected chi connectivity index (χ2v) is 10.6. The molecule has 7 nitrogen and oxygen atoms in total. The van der Waals surface area contributed by atoms with Crippen LogP contribution >= 0.6 is 11.3 Å². The number of benzene rings is 1. The van der Waals surface area contributed by atoms with Gasteiger partial charge in [0, 0.05) is 31.9 Å². The van der Waals surface area contributed by atoms with Crippen LogP contribution in [0.3, 0.4) is 0 Å². The van der Waals surface area contributed by atoms with Crippen molar-refractivity contribution >= 4 is 27.1 Å². The smallest absolute Gasteiger partial charge is 0.225 e. The zero-order valence-electron chi connectivity index (χ0n) is 16.3. The maximum absolute atomic E-state index is 12.8. The summed E-state index contributed by atoms with van der Waals surface area (Å²) >= 11 is 1.18. The summed E-state index contributed by atoms with van der Waals surface area (Å²) in [6.45, 7) is 4.51. The minimum absolute atomic E-state index is 0.0109. The Bertz CT molecular complexity index is 1150. The molecule has 2 aromatic heterocycles. The van der Waals surface area contributed by atoms with Gasteiger partial charge < -0.3 is 9.88 Å². The average Bonchev–Trinajstić information content (AvgIpc) is 3.31. The fourth-order valence-corrected chi connectivity index (χ4v) is 6.45. The third-order valence-electron chi connectivity index (χ3n) is 5.11. The van der Waals surface area contributed by atoms with Gasteiger partial charge in [-0.2, -0.15) is 0 Å². The van der Waals surface area contributed by atoms with E-state index in [1.807, 2.05) is 10.8 Å². The van der Waals surface area contributed by atoms with Crippen LogP contribution in [0.2, 0.25) is 0 Å². The number of carbonyl (C=O) groups is 1. The van der Waals surface area contributed by atoms with Crippen LogP contribution in [-0.2, 0) is 34.1 Å². The topological polar surface area (TPSA) is 93.9 Å². The minimum atomic E-state index is -3.58. The SMILES string of the molecule is Cc1nc(C)c(S(=O)(=O)c2ccc(CNC(=O)C3CCc4nccn4C3)cc2)s1. The molecule has 1 N–H and O–H groups in total. The number of thiazole rings is 1. The second-order valence-electron chi connectivity index (χ2n) is 7.20. The van der Waals surface area contributed by atoms with Crippen molar-refractivity contribution in [1.82, 2.24) is 19.9 Å². The van der Waals surface area contributed by atoms with Crippen LogP contribution in [0.4, 0.5) is 0 Å². The molecule has 0 saturated carbocycles. The number of hydrogen-bond donors (Lipinski definition) is 1. The molecule has 0 radical (unpaired) electrons. The Hall–Kier alpha value is -2.52. The van der Waals surface area contributed by atoms with E-state index >= 15 is 0 Å². The lowest BCUT2D eigenvalue weighted by Gasteiger charge is -2.23. The van der Waals surface area contributed by atoms with Crippen LogP contribution < -0.4 is 5.32 Å². The van der Waals surface area contributed by atoms with Gasteiger partial charge >= 0.3 is 0 Å². The number of aromatic nitrogens is 3. The van der Waals surface area contributed by atoms with E-state index in [0.29, 0.717) is 18.8 Å². The standard InChI is InChI=1S/C20H22N4O3S2/c1-13-20(28-14(2)23-13)29(26,27)17-6-3-15(4-7-17)11-22-19(25)16-5-8-18-21-9-10-24(18)12-16/h3-4,6-7,9-10,16H,5,8,11-12H2,1-2H3,(H,22,25). The van der Waals surface area contributed by atoms with Crippen molar-refractivity contribution in [3.63, 3.8) is 0 Å². The Morgan fingerprint density at radius 1 is 1.28 bits per heavy atom. The molecule has 0 aliphatic carbocycles. The molecule has 9 heteroatoms. The monoisotopic (exact) mass is 430 g/mol. The predicted molar refractivity (Wildman–Crippen MR) is 109 cm³/mol. The number of imidazole rings is 1. The molecule has 29 heavy (non-hydrogen) atoms. The van der Waals surface area contributed by atoms with Gasteiger partial charge in [-0.15, -0.1) is 11.3 Å². The summed E-state index contributed by atoms with van der Waals surface area (Å²) in [5.74, 6) is 0.961. The van der Waals surface area contributed by atoms with Crippen molar-refractivity contribution in [1.29, 1.82) is 0 Å². The lowest BCUT2D eigenvalue weighted by molar-refractivity contribution is -0.126. The van der Waals surface area contributed by atoms with Gasteiger partial charge in [0.25, 0.3) is 0 Å². The molecule has 1 unspecified atom stereocenters. The van der Waals surface area contributed by atoms with E-state index in [9.17, 15) is 13.2 Å². The normalized spacial score (nSPS) is 16.4. The van der Waals surface area contributed by atoms with Gasteiger partial charge in [0.1, 0.15) is 10.0 Å². The van der Waals surface area contributed by atoms with Gasteiger partial charge in [0.05, 0.1) is 21.5 Å². The Labute approximate surface area is 173 Å². The highest BCUT2D eigenvalue weighted by atomic mass is 32.2. The number of nitrogens with zero attached hydrogens (tertiary/aromatic N) is 3. The summed E-state index contributed by atoms with van der Waals surface area (Å²) in [7, 11) is -3.58. The maximum Gasteiger partial charge on any atom is 0.225 e. The highest BCUT2D eigenvalue weighted by Crippen LogP contribution is 2.29. The molecule has 1 aliphatic rings. The lowest BCUT2D eigenvalue weighted by Crippen LogP contribution is -2.35. The van der Waals surface area contributed by atoms with E-state index in [1.54, 1.807) is 44.3 Å². The second kappa shape index (κ2) is 7.72. The van der Waals surface area contributed by atoms with E-state index in [1.165, 1.54) is 11.3 Å². The molecular weight excluding hydrogens is 408 g/mol. The fourth-order valence-electron chi connectivity index (χ4n) is 3.57. The number of aryl methyl sites for hydroxylation is 3. The van der Waals surface area contributed by atoms with Crippen molar-refractivity contribution in [2.45, 2.75) is 48.9 Å². The van der Waals surface area contributed by atoms with Crippen molar-refractivity contribution in [2.24, 2.45) is 5.92 Å². The Morgan fingerprint density at radius 2 is 2.03 bits per heavy atom. The summed E-state index contributed by atoms with van der Waals surface area (Å²) < 4.78 is 28.0. The zero-order chi connectivity index (χ0) is 20.6. The lowest BCUT2D eigenvalue weighted by atomic mass is 9.98. The fraction of sp³-hybridized carbons (Fsp3) is 0.350. The number of sulfone groups is 1. The van der Waals surface area contributed by atoms with Crippen LogP contribution in [0.25, 0.3) is 0 Å². The van der Waals surface area contributed by atoms with Gasteiger partial charge in [-0.1, -0.05) is 12.1 Å². The van der Waals surface area contributed by atoms with Crippen molar-refractivity contribution in [2.75, 3.05) is 0 Å². The first kappa shape index (κ1) is 19.8. The highest BCUT2D eigenvalue weighted by molar-refractivity contribution is 7.93. The molecule has 152 valence electrons. The summed E-state index contributed by atoms with van der Waals surface area (Å²) in [6, 6.07) is 6.66. The van der Waals surface area contributed by atoms with E-state index in [-0.39, 0.29) is 20.9 Å². The predicted octanol–water partition coefficient (Wildman–Crippen LogP) is 2.67. The van der Waals surface area contributed by atoms with Gasteiger partial charge in [-0.25, -0.2) is 18.4 Å². The first-order chi connectivity index (χ1) is 13.8. The maximum atomic E-state index is 12.8. The Morgan fingerprint density at radius 3 is 2.72 bits per heavy atom. The minimum Gasteiger partial charge on any atom is -0.352 e. The summed E-state index contributed by atoms with van der Waals surface area (Å²) in [6.07, 6.45) is 5.25. The molecule has 1 aliphatic heterocycles. The number of nitrogens with one attached hydrogen (secondary N) is 1. The summed E-state index contributed by atoms with van der Waals surface area (Å²) in [4.78, 5) is 21.2. The molecule has 0 fully saturated rings. The van der Waals surface area contributed by atoms with Gasteiger partial charge in [-0.3, -0.25) is 4.79 Å². The molecule has 3 heterocycles. The van der Waals surface area contributed by atoms with E-state index in [4.69, 9.17) is 0 Å². The van der Waals surface area contributed by atoms with Crippen LogP contribution in [-0.4, -0.2) is 28.9 Å². The third kappa shape index (κ3) is 3.97. The van der Waals surface area contributed by atoms with Crippen molar-refractivity contribution in [3.8, 4) is 0 Å². The van der Waals surface area contributed by atoms with Gasteiger partial charge in [0.15, 0.2) is 0 Å². The van der Waals surface area contributed by atoms with E-state index < -0.39 is 9.84 Å². The summed E-state index contributed by atoms with van der Waals surface area (Å²) in [5.41, 5.74) is 1.38. The van der Waals surface area contributed by atoms with Crippen molar-refractivity contribution in [3.05, 3.63) is 58.7 Å². The third-order valence-corrected chi connectivity index (χ3v) is 8.56. The number of carbonyl (C=O) groups excluding carboxylic acids is 1. The quantitative estimate of drug-likeness (QED) is 0.672. The summed E-state index contributed by atoms with van der Waals surface area (Å²) in [5, 5.41) is 3.69. The molecule has 3 aromatic rings. The van der Waals surface area contributed by atoms with Crippen LogP contribution in [0.5, 0.6) is 0 Å². The van der Waals surface area contributed by atoms with Gasteiger partial charge in [0.2, 0.25) is 15.7 Å². The van der Waals surface area contributed by atoms with Crippen molar-refractivity contribution < 1.29 is 13.2 Å². The molecule has 0 bridgehead atoms. The average molecular weight is 431 g/mol. The largest absolute Gasteiger partial charge is 0.352 e. The molecule has 0 spiro atoms. The van der Waals surface area contributed by atoms with Crippen LogP contribution in [0.1, 0.15) is 28.5 Å². The highest BCUT2D eigenvalue weighted by Gasteiger charge is 2.25. The Balaban J connectivity index is 1.40. The Kier molecular flexibility index (Phi) is 5.26. The first-order valence-electron chi connectivity index (χ1n) is 9.40. The number of hydrogen-bond acceptors (Lipinski definition) is 6. The van der Waals surface area contributed by atoms with E-state index in [2.05, 4.69) is 15.3 Å². The van der Waals surface area contributed by atoms with E-state index in [0.717, 1.165) is 29.2 Å². The van der Waals surface area contributed by atoms with Crippen LogP contribution in [0.15, 0.2) is 45.8 Å². The molecular formula is C20H22N4O3S2.